The molecule has 0 spiro atoms. The van der Waals surface area contributed by atoms with Gasteiger partial charge in [-0.3, -0.25) is 9.78 Å². The second kappa shape index (κ2) is 7.23. The number of hydrogen-bond donors (Lipinski definition) is 1. The number of pyridine rings is 1. The molecule has 1 aromatic carbocycles. The number of amides is 1. The fourth-order valence-electron chi connectivity index (χ4n) is 1.80. The van der Waals surface area contributed by atoms with Gasteiger partial charge in [0.2, 0.25) is 0 Å². The third-order valence-electron chi connectivity index (χ3n) is 3.20. The summed E-state index contributed by atoms with van der Waals surface area (Å²) in [7, 11) is 0. The number of rotatable bonds is 5. The summed E-state index contributed by atoms with van der Waals surface area (Å²) in [5.74, 6) is 0.278. The lowest BCUT2D eigenvalue weighted by molar-refractivity contribution is 0.102. The lowest BCUT2D eigenvalue weighted by Crippen LogP contribution is -2.13. The van der Waals surface area contributed by atoms with Gasteiger partial charge in [0.05, 0.1) is 11.7 Å². The predicted octanol–water partition coefficient (Wildman–Crippen LogP) is 3.38. The molecule has 112 valence electrons. The Morgan fingerprint density at radius 2 is 2.09 bits per heavy atom. The summed E-state index contributed by atoms with van der Waals surface area (Å²) >= 11 is 0. The molecule has 22 heavy (non-hydrogen) atoms. The molecule has 0 saturated carbocycles. The number of carbonyl (C=O) groups excluding carboxylic acids is 1. The monoisotopic (exact) mass is 295 g/mol. The fourth-order valence-corrected chi connectivity index (χ4v) is 1.80. The smallest absolute Gasteiger partial charge is 0.255 e. The van der Waals surface area contributed by atoms with Gasteiger partial charge in [-0.05, 0) is 43.7 Å². The third kappa shape index (κ3) is 3.83. The summed E-state index contributed by atoms with van der Waals surface area (Å²) in [5.41, 5.74) is 1.45. The van der Waals surface area contributed by atoms with Crippen LogP contribution in [0, 0.1) is 11.3 Å². The number of nitrogens with one attached hydrogen (secondary N) is 1. The highest BCUT2D eigenvalue weighted by Gasteiger charge is 2.10. The van der Waals surface area contributed by atoms with Crippen molar-refractivity contribution in [2.24, 2.45) is 0 Å². The Morgan fingerprint density at radius 1 is 1.36 bits per heavy atom. The van der Waals surface area contributed by atoms with Gasteiger partial charge in [-0.1, -0.05) is 6.92 Å². The molecule has 5 nitrogen and oxygen atoms in total. The zero-order chi connectivity index (χ0) is 15.9. The minimum Gasteiger partial charge on any atom is -0.489 e. The Hall–Kier alpha value is -2.87. The van der Waals surface area contributed by atoms with Crippen LogP contribution in [-0.4, -0.2) is 17.0 Å². The summed E-state index contributed by atoms with van der Waals surface area (Å²) in [6.45, 7) is 3.96. The van der Waals surface area contributed by atoms with Crippen molar-refractivity contribution in [1.29, 1.82) is 5.26 Å². The highest BCUT2D eigenvalue weighted by atomic mass is 16.5. The first-order valence-corrected chi connectivity index (χ1v) is 7.06. The van der Waals surface area contributed by atoms with Crippen LogP contribution in [-0.2, 0) is 0 Å². The number of hydrogen-bond acceptors (Lipinski definition) is 4. The van der Waals surface area contributed by atoms with E-state index in [0.717, 1.165) is 6.42 Å². The first kappa shape index (κ1) is 15.5. The Bertz CT molecular complexity index is 693. The van der Waals surface area contributed by atoms with Crippen molar-refractivity contribution >= 4 is 11.6 Å². The summed E-state index contributed by atoms with van der Waals surface area (Å²) in [5, 5.41) is 12.0. The van der Waals surface area contributed by atoms with E-state index in [1.165, 1.54) is 0 Å². The van der Waals surface area contributed by atoms with E-state index in [4.69, 9.17) is 4.74 Å². The maximum absolute atomic E-state index is 12.1. The van der Waals surface area contributed by atoms with Crippen molar-refractivity contribution in [3.63, 3.8) is 0 Å². The Morgan fingerprint density at radius 3 is 2.73 bits per heavy atom. The van der Waals surface area contributed by atoms with Crippen LogP contribution >= 0.6 is 0 Å². The average Bonchev–Trinajstić information content (AvgIpc) is 2.56. The Balaban J connectivity index is 2.16. The van der Waals surface area contributed by atoms with Crippen LogP contribution in [0.4, 0.5) is 5.69 Å². The van der Waals surface area contributed by atoms with Crippen molar-refractivity contribution in [2.45, 2.75) is 26.4 Å². The summed E-state index contributed by atoms with van der Waals surface area (Å²) < 4.78 is 5.69. The highest BCUT2D eigenvalue weighted by Crippen LogP contribution is 2.24. The van der Waals surface area contributed by atoms with E-state index in [0.29, 0.717) is 22.6 Å². The molecule has 0 aliphatic rings. The van der Waals surface area contributed by atoms with Crippen molar-refractivity contribution in [3.8, 4) is 11.8 Å². The van der Waals surface area contributed by atoms with Gasteiger partial charge in [0.15, 0.2) is 0 Å². The van der Waals surface area contributed by atoms with Crippen LogP contribution in [0.2, 0.25) is 0 Å². The summed E-state index contributed by atoms with van der Waals surface area (Å²) in [6.07, 6.45) is 3.99. The van der Waals surface area contributed by atoms with Gasteiger partial charge in [-0.15, -0.1) is 0 Å². The van der Waals surface area contributed by atoms with E-state index in [2.05, 4.69) is 16.4 Å². The first-order valence-electron chi connectivity index (χ1n) is 7.06. The van der Waals surface area contributed by atoms with Crippen LogP contribution in [0.3, 0.4) is 0 Å². The largest absolute Gasteiger partial charge is 0.489 e. The molecule has 0 saturated heterocycles. The molecule has 0 bridgehead atoms. The van der Waals surface area contributed by atoms with Gasteiger partial charge in [0, 0.05) is 23.6 Å². The maximum atomic E-state index is 12.1. The average molecular weight is 295 g/mol. The first-order chi connectivity index (χ1) is 10.6. The van der Waals surface area contributed by atoms with Crippen LogP contribution < -0.4 is 10.1 Å². The van der Waals surface area contributed by atoms with Crippen molar-refractivity contribution in [1.82, 2.24) is 4.98 Å². The predicted molar refractivity (Wildman–Crippen MR) is 83.7 cm³/mol. The second-order valence-corrected chi connectivity index (χ2v) is 4.85. The summed E-state index contributed by atoms with van der Waals surface area (Å²) in [4.78, 5) is 15.9. The summed E-state index contributed by atoms with van der Waals surface area (Å²) in [6, 6.07) is 10.4. The zero-order valence-corrected chi connectivity index (χ0v) is 12.5. The number of anilines is 1. The fraction of sp³-hybridized carbons (Fsp3) is 0.235. The van der Waals surface area contributed by atoms with E-state index in [1.54, 1.807) is 42.7 Å². The second-order valence-electron chi connectivity index (χ2n) is 4.85. The minimum atomic E-state index is -0.248. The Labute approximate surface area is 129 Å². The molecule has 0 radical (unpaired) electrons. The molecule has 5 heteroatoms. The number of nitriles is 1. The minimum absolute atomic E-state index is 0.0318. The highest BCUT2D eigenvalue weighted by molar-refractivity contribution is 6.04. The van der Waals surface area contributed by atoms with E-state index in [1.807, 2.05) is 13.8 Å². The number of nitrogens with zero attached hydrogens (tertiary/aromatic N) is 2. The van der Waals surface area contributed by atoms with E-state index in [9.17, 15) is 10.1 Å². The third-order valence-corrected chi connectivity index (χ3v) is 3.20. The molecule has 0 aliphatic carbocycles. The molecule has 0 aliphatic heterocycles. The van der Waals surface area contributed by atoms with Crippen LogP contribution in [0.1, 0.15) is 36.2 Å². The van der Waals surface area contributed by atoms with Gasteiger partial charge in [0.25, 0.3) is 5.91 Å². The van der Waals surface area contributed by atoms with Crippen LogP contribution in [0.25, 0.3) is 0 Å². The lowest BCUT2D eigenvalue weighted by Gasteiger charge is -2.14. The van der Waals surface area contributed by atoms with E-state index < -0.39 is 0 Å². The number of benzene rings is 1. The molecule has 2 aromatic rings. The SMILES string of the molecule is CCC(C)Oc1ccc(NC(=O)c2ccncc2)cc1C#N. The molecule has 2 rings (SSSR count). The van der Waals surface area contributed by atoms with Crippen molar-refractivity contribution in [2.75, 3.05) is 5.32 Å². The standard InChI is InChI=1S/C17H17N3O2/c1-3-12(2)22-16-5-4-15(10-14(16)11-18)20-17(21)13-6-8-19-9-7-13/h4-10,12H,3H2,1-2H3,(H,20,21). The zero-order valence-electron chi connectivity index (χ0n) is 12.5. The van der Waals surface area contributed by atoms with Crippen LogP contribution in [0.15, 0.2) is 42.7 Å². The van der Waals surface area contributed by atoms with Gasteiger partial charge in [0.1, 0.15) is 11.8 Å². The molecule has 1 aromatic heterocycles. The maximum Gasteiger partial charge on any atom is 0.255 e. The molecular weight excluding hydrogens is 278 g/mol. The van der Waals surface area contributed by atoms with Crippen LogP contribution in [0.5, 0.6) is 5.75 Å². The molecule has 1 N–H and O–H groups in total. The quantitative estimate of drug-likeness (QED) is 0.917. The number of carbonyl (C=O) groups is 1. The molecule has 1 heterocycles. The molecule has 1 amide bonds. The van der Waals surface area contributed by atoms with Crippen molar-refractivity contribution < 1.29 is 9.53 Å². The van der Waals surface area contributed by atoms with Crippen molar-refractivity contribution in [3.05, 3.63) is 53.9 Å². The molecular formula is C17H17N3O2. The van der Waals surface area contributed by atoms with Gasteiger partial charge >= 0.3 is 0 Å². The number of aromatic nitrogens is 1. The Kier molecular flexibility index (Phi) is 5.10. The van der Waals surface area contributed by atoms with Gasteiger partial charge in [-0.25, -0.2) is 0 Å². The molecule has 1 unspecified atom stereocenters. The molecule has 0 fully saturated rings. The van der Waals surface area contributed by atoms with Gasteiger partial charge < -0.3 is 10.1 Å². The molecule has 1 atom stereocenters. The number of ether oxygens (including phenoxy) is 1. The topological polar surface area (TPSA) is 75.0 Å². The normalized spacial score (nSPS) is 11.3. The lowest BCUT2D eigenvalue weighted by atomic mass is 10.1. The van der Waals surface area contributed by atoms with E-state index >= 15 is 0 Å². The van der Waals surface area contributed by atoms with Gasteiger partial charge in [-0.2, -0.15) is 5.26 Å². The van der Waals surface area contributed by atoms with E-state index in [-0.39, 0.29) is 12.0 Å².